The van der Waals surface area contributed by atoms with Crippen LogP contribution in [0.25, 0.3) is 0 Å². The van der Waals surface area contributed by atoms with Crippen LogP contribution in [0.3, 0.4) is 0 Å². The van der Waals surface area contributed by atoms with Gasteiger partial charge in [0.1, 0.15) is 11.6 Å². The van der Waals surface area contributed by atoms with Crippen molar-refractivity contribution >= 4 is 12.1 Å². The Hall–Kier alpha value is -1.34. The SMILES string of the molecule is CCOC[C@H]1C[C@@H](CO)N(C(=O)OC(C)(C)C)[C@@H]1C(=O)OC. The molecule has 0 unspecified atom stereocenters. The molecule has 1 rings (SSSR count). The molecule has 7 nitrogen and oxygen atoms in total. The molecule has 3 atom stereocenters. The van der Waals surface area contributed by atoms with E-state index in [1.54, 1.807) is 20.8 Å². The lowest BCUT2D eigenvalue weighted by atomic mass is 10.00. The summed E-state index contributed by atoms with van der Waals surface area (Å²) >= 11 is 0. The summed E-state index contributed by atoms with van der Waals surface area (Å²) in [6.07, 6.45) is -0.156. The fraction of sp³-hybridized carbons (Fsp3) is 0.867. The number of aliphatic hydroxyl groups excluding tert-OH is 1. The normalized spacial score (nSPS) is 25.2. The van der Waals surface area contributed by atoms with E-state index < -0.39 is 29.7 Å². The molecule has 0 aliphatic carbocycles. The maximum Gasteiger partial charge on any atom is 0.411 e. The Morgan fingerprint density at radius 2 is 1.95 bits per heavy atom. The Morgan fingerprint density at radius 3 is 2.41 bits per heavy atom. The van der Waals surface area contributed by atoms with Crippen LogP contribution >= 0.6 is 0 Å². The highest BCUT2D eigenvalue weighted by molar-refractivity contribution is 5.83. The van der Waals surface area contributed by atoms with Gasteiger partial charge in [-0.3, -0.25) is 4.90 Å². The summed E-state index contributed by atoms with van der Waals surface area (Å²) in [5.74, 6) is -0.747. The molecule has 22 heavy (non-hydrogen) atoms. The van der Waals surface area contributed by atoms with Crippen molar-refractivity contribution in [2.75, 3.05) is 26.9 Å². The van der Waals surface area contributed by atoms with Gasteiger partial charge in [0.2, 0.25) is 0 Å². The van der Waals surface area contributed by atoms with Gasteiger partial charge < -0.3 is 19.3 Å². The number of likely N-dealkylation sites (tertiary alicyclic amines) is 1. The lowest BCUT2D eigenvalue weighted by Crippen LogP contribution is -2.50. The minimum Gasteiger partial charge on any atom is -0.467 e. The number of nitrogens with zero attached hydrogens (tertiary/aromatic N) is 1. The van der Waals surface area contributed by atoms with Gasteiger partial charge in [-0.15, -0.1) is 0 Å². The predicted octanol–water partition coefficient (Wildman–Crippen LogP) is 1.18. The number of amides is 1. The van der Waals surface area contributed by atoms with E-state index in [1.807, 2.05) is 6.92 Å². The number of ether oxygens (including phenoxy) is 3. The third kappa shape index (κ3) is 4.58. The van der Waals surface area contributed by atoms with Crippen LogP contribution in [-0.2, 0) is 19.0 Å². The Morgan fingerprint density at radius 1 is 1.32 bits per heavy atom. The van der Waals surface area contributed by atoms with Crippen LogP contribution in [0.2, 0.25) is 0 Å². The van der Waals surface area contributed by atoms with E-state index >= 15 is 0 Å². The van der Waals surface area contributed by atoms with E-state index in [0.717, 1.165) is 0 Å². The fourth-order valence-electron chi connectivity index (χ4n) is 2.64. The van der Waals surface area contributed by atoms with Gasteiger partial charge in [-0.1, -0.05) is 0 Å². The second kappa shape index (κ2) is 7.78. The van der Waals surface area contributed by atoms with E-state index in [4.69, 9.17) is 14.2 Å². The van der Waals surface area contributed by atoms with Crippen molar-refractivity contribution in [3.63, 3.8) is 0 Å². The highest BCUT2D eigenvalue weighted by Crippen LogP contribution is 2.32. The topological polar surface area (TPSA) is 85.3 Å². The Balaban J connectivity index is 3.01. The van der Waals surface area contributed by atoms with Crippen LogP contribution in [0, 0.1) is 5.92 Å². The largest absolute Gasteiger partial charge is 0.467 e. The molecule has 0 aromatic rings. The van der Waals surface area contributed by atoms with Gasteiger partial charge in [-0.2, -0.15) is 0 Å². The zero-order chi connectivity index (χ0) is 16.9. The molecule has 1 aliphatic rings. The highest BCUT2D eigenvalue weighted by atomic mass is 16.6. The number of hydrogen-bond acceptors (Lipinski definition) is 6. The van der Waals surface area contributed by atoms with Gasteiger partial charge in [-0.25, -0.2) is 9.59 Å². The van der Waals surface area contributed by atoms with E-state index in [2.05, 4.69) is 0 Å². The third-order valence-corrected chi connectivity index (χ3v) is 3.51. The van der Waals surface area contributed by atoms with Crippen LogP contribution in [-0.4, -0.2) is 66.7 Å². The summed E-state index contributed by atoms with van der Waals surface area (Å²) in [6.45, 7) is 7.71. The number of methoxy groups -OCH3 is 1. The molecule has 0 radical (unpaired) electrons. The van der Waals surface area contributed by atoms with E-state index in [9.17, 15) is 14.7 Å². The van der Waals surface area contributed by atoms with E-state index in [0.29, 0.717) is 19.6 Å². The van der Waals surface area contributed by atoms with Crippen molar-refractivity contribution in [1.29, 1.82) is 0 Å². The molecule has 0 spiro atoms. The highest BCUT2D eigenvalue weighted by Gasteiger charge is 2.49. The molecule has 7 heteroatoms. The van der Waals surface area contributed by atoms with Crippen LogP contribution < -0.4 is 0 Å². The molecule has 128 valence electrons. The Labute approximate surface area is 131 Å². The van der Waals surface area contributed by atoms with Gasteiger partial charge in [0.05, 0.1) is 26.4 Å². The third-order valence-electron chi connectivity index (χ3n) is 3.51. The summed E-state index contributed by atoms with van der Waals surface area (Å²) in [5, 5.41) is 9.56. The Bertz CT molecular complexity index is 392. The Kier molecular flexibility index (Phi) is 6.62. The number of esters is 1. The summed E-state index contributed by atoms with van der Waals surface area (Å²) in [6, 6.07) is -1.28. The molecule has 1 saturated heterocycles. The van der Waals surface area contributed by atoms with Crippen LogP contribution in [0.15, 0.2) is 0 Å². The quantitative estimate of drug-likeness (QED) is 0.767. The average Bonchev–Trinajstić information content (AvgIpc) is 2.81. The number of carbonyl (C=O) groups is 2. The first-order chi connectivity index (χ1) is 10.2. The zero-order valence-corrected chi connectivity index (χ0v) is 14.0. The van der Waals surface area contributed by atoms with E-state index in [1.165, 1.54) is 12.0 Å². The first-order valence-corrected chi connectivity index (χ1v) is 7.52. The second-order valence-electron chi connectivity index (χ2n) is 6.35. The number of carbonyl (C=O) groups excluding carboxylic acids is 2. The number of rotatable bonds is 5. The molecular weight excluding hydrogens is 290 g/mol. The van der Waals surface area contributed by atoms with Gasteiger partial charge in [0, 0.05) is 12.5 Å². The fourth-order valence-corrected chi connectivity index (χ4v) is 2.64. The van der Waals surface area contributed by atoms with Crippen molar-refractivity contribution in [3.05, 3.63) is 0 Å². The molecule has 0 saturated carbocycles. The summed E-state index contributed by atoms with van der Waals surface area (Å²) in [5.41, 5.74) is -0.685. The smallest absolute Gasteiger partial charge is 0.411 e. The first kappa shape index (κ1) is 18.7. The van der Waals surface area contributed by atoms with Crippen molar-refractivity contribution in [2.45, 2.75) is 51.8 Å². The van der Waals surface area contributed by atoms with Crippen LogP contribution in [0.5, 0.6) is 0 Å². The average molecular weight is 317 g/mol. The molecule has 1 aliphatic heterocycles. The minimum absolute atomic E-state index is 0.225. The summed E-state index contributed by atoms with van der Waals surface area (Å²) in [4.78, 5) is 25.8. The van der Waals surface area contributed by atoms with E-state index in [-0.39, 0.29) is 12.5 Å². The van der Waals surface area contributed by atoms with Gasteiger partial charge in [0.25, 0.3) is 0 Å². The molecular formula is C15H27NO6. The van der Waals surface area contributed by atoms with Gasteiger partial charge in [-0.05, 0) is 34.1 Å². The summed E-state index contributed by atoms with van der Waals surface area (Å²) < 4.78 is 15.6. The molecule has 1 N–H and O–H groups in total. The predicted molar refractivity (Wildman–Crippen MR) is 79.4 cm³/mol. The number of aliphatic hydroxyl groups is 1. The first-order valence-electron chi connectivity index (χ1n) is 7.52. The molecule has 1 amide bonds. The molecule has 0 aromatic heterocycles. The van der Waals surface area contributed by atoms with Crippen LogP contribution in [0.1, 0.15) is 34.1 Å². The second-order valence-corrected chi connectivity index (χ2v) is 6.35. The van der Waals surface area contributed by atoms with Crippen molar-refractivity contribution in [1.82, 2.24) is 4.90 Å². The minimum atomic E-state index is -0.802. The molecule has 0 bridgehead atoms. The molecule has 1 heterocycles. The lowest BCUT2D eigenvalue weighted by Gasteiger charge is -2.31. The van der Waals surface area contributed by atoms with Gasteiger partial charge >= 0.3 is 12.1 Å². The lowest BCUT2D eigenvalue weighted by molar-refractivity contribution is -0.148. The monoisotopic (exact) mass is 317 g/mol. The maximum absolute atomic E-state index is 12.4. The summed E-state index contributed by atoms with van der Waals surface area (Å²) in [7, 11) is 1.28. The standard InChI is InChI=1S/C15H27NO6/c1-6-21-9-10-7-11(8-17)16(12(10)13(18)20-5)14(19)22-15(2,3)4/h10-12,17H,6-9H2,1-5H3/t10-,11+,12+/m1/s1. The molecule has 0 aromatic carbocycles. The van der Waals surface area contributed by atoms with Gasteiger partial charge in [0.15, 0.2) is 0 Å². The van der Waals surface area contributed by atoms with Crippen molar-refractivity contribution in [2.24, 2.45) is 5.92 Å². The maximum atomic E-state index is 12.4. The van der Waals surface area contributed by atoms with Crippen molar-refractivity contribution < 1.29 is 28.9 Å². The molecule has 1 fully saturated rings. The van der Waals surface area contributed by atoms with Crippen LogP contribution in [0.4, 0.5) is 4.79 Å². The zero-order valence-electron chi connectivity index (χ0n) is 14.0. The van der Waals surface area contributed by atoms with Crippen molar-refractivity contribution in [3.8, 4) is 0 Å². The number of hydrogen-bond donors (Lipinski definition) is 1.